The van der Waals surface area contributed by atoms with Gasteiger partial charge in [-0.1, -0.05) is 18.5 Å². The number of nitrogens with zero attached hydrogens (tertiary/aromatic N) is 2. The standard InChI is InChI=1S/C6H8ClN3/c1-2-4-3-9-10-6(7)5(4)8/h3H,2H2,1H3,(H2,8,9). The summed E-state index contributed by atoms with van der Waals surface area (Å²) in [7, 11) is 0. The zero-order valence-electron chi connectivity index (χ0n) is 5.63. The number of anilines is 1. The number of aromatic nitrogens is 2. The van der Waals surface area contributed by atoms with E-state index in [-0.39, 0.29) is 0 Å². The van der Waals surface area contributed by atoms with Gasteiger partial charge in [0.25, 0.3) is 0 Å². The summed E-state index contributed by atoms with van der Waals surface area (Å²) >= 11 is 5.59. The molecule has 0 aliphatic heterocycles. The lowest BCUT2D eigenvalue weighted by Crippen LogP contribution is -1.97. The molecule has 3 nitrogen and oxygen atoms in total. The average molecular weight is 158 g/mol. The van der Waals surface area contributed by atoms with Gasteiger partial charge in [0.15, 0.2) is 5.15 Å². The number of aryl methyl sites for hydroxylation is 1. The fraction of sp³-hybridized carbons (Fsp3) is 0.333. The van der Waals surface area contributed by atoms with Gasteiger partial charge in [-0.25, -0.2) is 0 Å². The molecule has 1 rings (SSSR count). The number of hydrogen-bond acceptors (Lipinski definition) is 3. The normalized spacial score (nSPS) is 9.80. The summed E-state index contributed by atoms with van der Waals surface area (Å²) in [6.45, 7) is 1.99. The van der Waals surface area contributed by atoms with Crippen LogP contribution in [-0.2, 0) is 6.42 Å². The van der Waals surface area contributed by atoms with Gasteiger partial charge in [-0.2, -0.15) is 5.10 Å². The first-order chi connectivity index (χ1) is 4.75. The summed E-state index contributed by atoms with van der Waals surface area (Å²) in [4.78, 5) is 0. The van der Waals surface area contributed by atoms with Crippen LogP contribution in [0.4, 0.5) is 5.69 Å². The maximum atomic E-state index is 5.59. The minimum absolute atomic E-state index is 0.291. The van der Waals surface area contributed by atoms with Crippen molar-refractivity contribution in [2.45, 2.75) is 13.3 Å². The molecule has 1 aromatic heterocycles. The van der Waals surface area contributed by atoms with Crippen LogP contribution in [0.5, 0.6) is 0 Å². The molecular weight excluding hydrogens is 150 g/mol. The van der Waals surface area contributed by atoms with Gasteiger partial charge in [0.1, 0.15) is 0 Å². The highest BCUT2D eigenvalue weighted by Gasteiger charge is 2.01. The largest absolute Gasteiger partial charge is 0.396 e. The Morgan fingerprint density at radius 1 is 1.70 bits per heavy atom. The van der Waals surface area contributed by atoms with Crippen molar-refractivity contribution in [1.29, 1.82) is 0 Å². The lowest BCUT2D eigenvalue weighted by molar-refractivity contribution is 0.989. The van der Waals surface area contributed by atoms with E-state index in [4.69, 9.17) is 17.3 Å². The van der Waals surface area contributed by atoms with Crippen LogP contribution >= 0.6 is 11.6 Å². The Bertz CT molecular complexity index is 236. The second-order valence-corrected chi connectivity index (χ2v) is 2.29. The molecule has 1 aromatic rings. The Morgan fingerprint density at radius 2 is 2.40 bits per heavy atom. The number of nitrogen functional groups attached to an aromatic ring is 1. The Balaban J connectivity index is 3.14. The maximum Gasteiger partial charge on any atom is 0.174 e. The lowest BCUT2D eigenvalue weighted by atomic mass is 10.2. The average Bonchev–Trinajstić information content (AvgIpc) is 1.95. The molecule has 0 bridgehead atoms. The Labute approximate surface area is 64.2 Å². The number of rotatable bonds is 1. The van der Waals surface area contributed by atoms with Gasteiger partial charge in [-0.05, 0) is 12.0 Å². The van der Waals surface area contributed by atoms with Crippen molar-refractivity contribution in [3.63, 3.8) is 0 Å². The van der Waals surface area contributed by atoms with E-state index in [0.29, 0.717) is 10.8 Å². The predicted molar refractivity (Wildman–Crippen MR) is 40.8 cm³/mol. The van der Waals surface area contributed by atoms with Crippen molar-refractivity contribution in [3.05, 3.63) is 16.9 Å². The van der Waals surface area contributed by atoms with E-state index in [0.717, 1.165) is 12.0 Å². The van der Waals surface area contributed by atoms with Crippen LogP contribution in [-0.4, -0.2) is 10.2 Å². The molecule has 4 heteroatoms. The second kappa shape index (κ2) is 2.84. The summed E-state index contributed by atoms with van der Waals surface area (Å²) in [5.74, 6) is 0. The summed E-state index contributed by atoms with van der Waals surface area (Å²) in [6, 6.07) is 0. The molecule has 0 spiro atoms. The summed E-state index contributed by atoms with van der Waals surface area (Å²) in [5, 5.41) is 7.52. The highest BCUT2D eigenvalue weighted by Crippen LogP contribution is 2.18. The van der Waals surface area contributed by atoms with Crippen molar-refractivity contribution in [2.75, 3.05) is 5.73 Å². The quantitative estimate of drug-likeness (QED) is 0.668. The third-order valence-electron chi connectivity index (χ3n) is 1.31. The predicted octanol–water partition coefficient (Wildman–Crippen LogP) is 1.27. The molecule has 0 fully saturated rings. The molecule has 0 saturated carbocycles. The SMILES string of the molecule is CCc1cnnc(Cl)c1N. The van der Waals surface area contributed by atoms with Crippen molar-refractivity contribution < 1.29 is 0 Å². The topological polar surface area (TPSA) is 51.8 Å². The van der Waals surface area contributed by atoms with Crippen LogP contribution in [0.3, 0.4) is 0 Å². The molecule has 0 amide bonds. The fourth-order valence-electron chi connectivity index (χ4n) is 0.687. The highest BCUT2D eigenvalue weighted by atomic mass is 35.5. The monoisotopic (exact) mass is 157 g/mol. The summed E-state index contributed by atoms with van der Waals surface area (Å²) < 4.78 is 0. The molecule has 0 atom stereocenters. The maximum absolute atomic E-state index is 5.59. The molecule has 2 N–H and O–H groups in total. The third kappa shape index (κ3) is 1.19. The smallest absolute Gasteiger partial charge is 0.174 e. The Hall–Kier alpha value is -0.830. The molecular formula is C6H8ClN3. The van der Waals surface area contributed by atoms with Gasteiger partial charge in [0.2, 0.25) is 0 Å². The van der Waals surface area contributed by atoms with Crippen LogP contribution in [0.15, 0.2) is 6.20 Å². The van der Waals surface area contributed by atoms with Crippen LogP contribution in [0.1, 0.15) is 12.5 Å². The minimum Gasteiger partial charge on any atom is -0.396 e. The highest BCUT2D eigenvalue weighted by molar-refractivity contribution is 6.31. The molecule has 0 saturated heterocycles. The number of halogens is 1. The molecule has 0 aliphatic rings. The fourth-order valence-corrected chi connectivity index (χ4v) is 0.852. The lowest BCUT2D eigenvalue weighted by Gasteiger charge is -2.00. The third-order valence-corrected chi connectivity index (χ3v) is 1.59. The first-order valence-corrected chi connectivity index (χ1v) is 3.39. The van der Waals surface area contributed by atoms with Crippen LogP contribution in [0.2, 0.25) is 5.15 Å². The summed E-state index contributed by atoms with van der Waals surface area (Å²) in [5.41, 5.74) is 7.04. The van der Waals surface area contributed by atoms with Crippen molar-refractivity contribution in [1.82, 2.24) is 10.2 Å². The van der Waals surface area contributed by atoms with Gasteiger partial charge >= 0.3 is 0 Å². The van der Waals surface area contributed by atoms with E-state index in [1.165, 1.54) is 0 Å². The zero-order chi connectivity index (χ0) is 7.56. The van der Waals surface area contributed by atoms with E-state index >= 15 is 0 Å². The molecule has 10 heavy (non-hydrogen) atoms. The number of nitrogens with two attached hydrogens (primary N) is 1. The van der Waals surface area contributed by atoms with E-state index in [2.05, 4.69) is 10.2 Å². The molecule has 1 heterocycles. The van der Waals surface area contributed by atoms with Gasteiger partial charge < -0.3 is 5.73 Å². The van der Waals surface area contributed by atoms with Crippen molar-refractivity contribution in [3.8, 4) is 0 Å². The Kier molecular flexibility index (Phi) is 2.06. The van der Waals surface area contributed by atoms with E-state index < -0.39 is 0 Å². The van der Waals surface area contributed by atoms with Gasteiger partial charge in [0, 0.05) is 0 Å². The summed E-state index contributed by atoms with van der Waals surface area (Å²) in [6.07, 6.45) is 2.46. The van der Waals surface area contributed by atoms with E-state index in [9.17, 15) is 0 Å². The number of hydrogen-bond donors (Lipinski definition) is 1. The van der Waals surface area contributed by atoms with E-state index in [1.54, 1.807) is 6.20 Å². The molecule has 54 valence electrons. The first kappa shape index (κ1) is 7.28. The van der Waals surface area contributed by atoms with Crippen molar-refractivity contribution in [2.24, 2.45) is 0 Å². The van der Waals surface area contributed by atoms with Gasteiger partial charge in [-0.3, -0.25) is 0 Å². The Morgan fingerprint density at radius 3 is 2.90 bits per heavy atom. The molecule has 0 radical (unpaired) electrons. The molecule has 0 aliphatic carbocycles. The van der Waals surface area contributed by atoms with Gasteiger partial charge in [-0.15, -0.1) is 5.10 Å². The van der Waals surface area contributed by atoms with Gasteiger partial charge in [0.05, 0.1) is 11.9 Å². The molecule has 0 aromatic carbocycles. The second-order valence-electron chi connectivity index (χ2n) is 1.93. The van der Waals surface area contributed by atoms with Crippen LogP contribution < -0.4 is 5.73 Å². The van der Waals surface area contributed by atoms with E-state index in [1.807, 2.05) is 6.92 Å². The molecule has 0 unspecified atom stereocenters. The van der Waals surface area contributed by atoms with Crippen LogP contribution in [0.25, 0.3) is 0 Å². The van der Waals surface area contributed by atoms with Crippen LogP contribution in [0, 0.1) is 0 Å². The zero-order valence-corrected chi connectivity index (χ0v) is 6.39. The van der Waals surface area contributed by atoms with Crippen molar-refractivity contribution >= 4 is 17.3 Å². The minimum atomic E-state index is 0.291. The first-order valence-electron chi connectivity index (χ1n) is 3.01.